The van der Waals surface area contributed by atoms with Crippen molar-refractivity contribution >= 4 is 29.4 Å². The van der Waals surface area contributed by atoms with Gasteiger partial charge in [0, 0.05) is 37.2 Å². The van der Waals surface area contributed by atoms with Gasteiger partial charge in [-0.3, -0.25) is 24.6 Å². The summed E-state index contributed by atoms with van der Waals surface area (Å²) in [5, 5.41) is 10.0. The van der Waals surface area contributed by atoms with Crippen molar-refractivity contribution in [3.8, 4) is 0 Å². The number of benzene rings is 1. The monoisotopic (exact) mass is 371 g/mol. The van der Waals surface area contributed by atoms with Crippen molar-refractivity contribution in [2.45, 2.75) is 33.2 Å². The fourth-order valence-electron chi connectivity index (χ4n) is 2.88. The predicted octanol–water partition coefficient (Wildman–Crippen LogP) is 1.82. The molecule has 1 aliphatic heterocycles. The molecule has 0 unspecified atom stereocenters. The number of imide groups is 1. The van der Waals surface area contributed by atoms with Crippen LogP contribution in [0.2, 0.25) is 0 Å². The van der Waals surface area contributed by atoms with Crippen LogP contribution in [-0.2, 0) is 16.1 Å². The van der Waals surface area contributed by atoms with E-state index in [1.807, 2.05) is 12.1 Å². The number of carbonyl (C=O) groups is 3. The van der Waals surface area contributed by atoms with E-state index in [0.717, 1.165) is 23.7 Å². The molecule has 2 heterocycles. The van der Waals surface area contributed by atoms with E-state index < -0.39 is 0 Å². The van der Waals surface area contributed by atoms with Crippen LogP contribution in [0, 0.1) is 0 Å². The second kappa shape index (κ2) is 7.98. The first-order valence-corrected chi connectivity index (χ1v) is 8.83. The second-order valence-electron chi connectivity index (χ2n) is 6.05. The van der Waals surface area contributed by atoms with Crippen molar-refractivity contribution in [2.24, 2.45) is 0 Å². The first-order chi connectivity index (χ1) is 13.0. The fourth-order valence-corrected chi connectivity index (χ4v) is 2.88. The molecule has 142 valence electrons. The molecule has 9 heteroatoms. The lowest BCUT2D eigenvalue weighted by Crippen LogP contribution is -2.28. The van der Waals surface area contributed by atoms with Crippen LogP contribution in [0.1, 0.15) is 42.9 Å². The lowest BCUT2D eigenvalue weighted by atomic mass is 10.2. The maximum atomic E-state index is 12.3. The molecular weight excluding hydrogens is 350 g/mol. The summed E-state index contributed by atoms with van der Waals surface area (Å²) in [7, 11) is 0. The summed E-state index contributed by atoms with van der Waals surface area (Å²) in [6.07, 6.45) is 0.389. The summed E-state index contributed by atoms with van der Waals surface area (Å²) < 4.78 is 5.32. The van der Waals surface area contributed by atoms with Crippen molar-refractivity contribution in [1.82, 2.24) is 15.1 Å². The largest absolute Gasteiger partial charge is 0.406 e. The molecule has 1 saturated heterocycles. The van der Waals surface area contributed by atoms with Crippen LogP contribution in [0.15, 0.2) is 28.7 Å². The summed E-state index contributed by atoms with van der Waals surface area (Å²) >= 11 is 0. The van der Waals surface area contributed by atoms with Crippen molar-refractivity contribution in [1.29, 1.82) is 0 Å². The number of hydrogen-bond donors (Lipinski definition) is 1. The summed E-state index contributed by atoms with van der Waals surface area (Å²) in [6, 6.07) is 7.13. The zero-order valence-electron chi connectivity index (χ0n) is 15.3. The quantitative estimate of drug-likeness (QED) is 0.739. The average molecular weight is 371 g/mol. The van der Waals surface area contributed by atoms with Crippen molar-refractivity contribution < 1.29 is 18.8 Å². The Balaban J connectivity index is 1.62. The first-order valence-electron chi connectivity index (χ1n) is 8.83. The molecule has 1 N–H and O–H groups in total. The summed E-state index contributed by atoms with van der Waals surface area (Å²) in [5.74, 6) is -0.829. The zero-order valence-corrected chi connectivity index (χ0v) is 15.3. The molecule has 0 atom stereocenters. The normalized spacial score (nSPS) is 13.9. The summed E-state index contributed by atoms with van der Waals surface area (Å²) in [6.45, 7) is 5.82. The molecule has 0 spiro atoms. The third kappa shape index (κ3) is 4.13. The Kier molecular flexibility index (Phi) is 5.49. The van der Waals surface area contributed by atoms with Gasteiger partial charge >= 0.3 is 6.01 Å². The van der Waals surface area contributed by atoms with Gasteiger partial charge in [-0.05, 0) is 38.1 Å². The number of nitrogens with zero attached hydrogens (tertiary/aromatic N) is 4. The lowest BCUT2D eigenvalue weighted by molar-refractivity contribution is -0.139. The smallest absolute Gasteiger partial charge is 0.322 e. The molecule has 1 aliphatic rings. The topological polar surface area (TPSA) is 109 Å². The van der Waals surface area contributed by atoms with Crippen molar-refractivity contribution in [2.75, 3.05) is 23.3 Å². The van der Waals surface area contributed by atoms with E-state index in [2.05, 4.69) is 34.3 Å². The average Bonchev–Trinajstić information content (AvgIpc) is 3.24. The van der Waals surface area contributed by atoms with Crippen LogP contribution < -0.4 is 10.2 Å². The molecule has 0 bridgehead atoms. The van der Waals surface area contributed by atoms with Crippen LogP contribution >= 0.6 is 0 Å². The van der Waals surface area contributed by atoms with Gasteiger partial charge in [-0.1, -0.05) is 5.10 Å². The third-order valence-corrected chi connectivity index (χ3v) is 4.39. The van der Waals surface area contributed by atoms with E-state index in [1.54, 1.807) is 12.1 Å². The van der Waals surface area contributed by atoms with Crippen LogP contribution in [0.4, 0.5) is 11.7 Å². The molecule has 9 nitrogen and oxygen atoms in total. The number of aromatic nitrogens is 2. The number of carbonyl (C=O) groups excluding carboxylic acids is 3. The van der Waals surface area contributed by atoms with Gasteiger partial charge in [0.2, 0.25) is 17.7 Å². The molecule has 1 aromatic heterocycles. The third-order valence-electron chi connectivity index (χ3n) is 4.39. The molecule has 3 rings (SSSR count). The van der Waals surface area contributed by atoms with E-state index in [0.29, 0.717) is 5.56 Å². The minimum absolute atomic E-state index is 0.0816. The maximum absolute atomic E-state index is 12.3. The molecular formula is C18H21N5O4. The highest BCUT2D eigenvalue weighted by molar-refractivity contribution is 6.03. The van der Waals surface area contributed by atoms with Crippen molar-refractivity contribution in [3.05, 3.63) is 35.7 Å². The van der Waals surface area contributed by atoms with Crippen molar-refractivity contribution in [3.63, 3.8) is 0 Å². The van der Waals surface area contributed by atoms with Gasteiger partial charge < -0.3 is 9.32 Å². The second-order valence-corrected chi connectivity index (χ2v) is 6.05. The molecule has 3 amide bonds. The Morgan fingerprint density at radius 2 is 1.74 bits per heavy atom. The first kappa shape index (κ1) is 18.6. The molecule has 0 saturated carbocycles. The fraction of sp³-hybridized carbons (Fsp3) is 0.389. The Bertz CT molecular complexity index is 826. The van der Waals surface area contributed by atoms with Gasteiger partial charge in [0.25, 0.3) is 5.91 Å². The number of amides is 3. The van der Waals surface area contributed by atoms with Gasteiger partial charge in [0.15, 0.2) is 0 Å². The molecule has 0 aliphatic carbocycles. The number of hydrogen-bond acceptors (Lipinski definition) is 7. The van der Waals surface area contributed by atoms with Gasteiger partial charge in [-0.2, -0.15) is 0 Å². The van der Waals surface area contributed by atoms with E-state index in [9.17, 15) is 14.4 Å². The summed E-state index contributed by atoms with van der Waals surface area (Å²) in [4.78, 5) is 38.8. The van der Waals surface area contributed by atoms with E-state index >= 15 is 0 Å². The minimum Gasteiger partial charge on any atom is -0.406 e. The highest BCUT2D eigenvalue weighted by atomic mass is 16.4. The van der Waals surface area contributed by atoms with E-state index in [-0.39, 0.29) is 49.0 Å². The number of likely N-dealkylation sites (tertiary alicyclic amines) is 1. The van der Waals surface area contributed by atoms with Crippen LogP contribution in [0.3, 0.4) is 0 Å². The zero-order chi connectivity index (χ0) is 19.4. The Morgan fingerprint density at radius 1 is 1.11 bits per heavy atom. The van der Waals surface area contributed by atoms with E-state index in [4.69, 9.17) is 4.42 Å². The highest BCUT2D eigenvalue weighted by Gasteiger charge is 2.30. The lowest BCUT2D eigenvalue weighted by Gasteiger charge is -2.20. The maximum Gasteiger partial charge on any atom is 0.322 e. The molecule has 0 radical (unpaired) electrons. The Morgan fingerprint density at radius 3 is 2.33 bits per heavy atom. The Hall–Kier alpha value is -3.23. The van der Waals surface area contributed by atoms with Gasteiger partial charge in [0.05, 0.1) is 0 Å². The van der Waals surface area contributed by atoms with Gasteiger partial charge in [0.1, 0.15) is 6.54 Å². The number of nitrogens with one attached hydrogen (secondary N) is 1. The number of anilines is 2. The SMILES string of the molecule is CCN(CC)c1ccc(C(=O)Nc2nnc(CN3C(=O)CCC3=O)o2)cc1. The molecule has 1 aromatic carbocycles. The minimum atomic E-state index is -0.385. The van der Waals surface area contributed by atoms with E-state index in [1.165, 1.54) is 0 Å². The Labute approximate surface area is 156 Å². The predicted molar refractivity (Wildman–Crippen MR) is 97.0 cm³/mol. The standard InChI is InChI=1S/C18H21N5O4/c1-3-22(4-2)13-7-5-12(6-8-13)17(26)19-18-21-20-14(27-18)11-23-15(24)9-10-16(23)25/h5-8H,3-4,9-11H2,1-2H3,(H,19,21,26). The van der Waals surface area contributed by atoms with Crippen LogP contribution in [-0.4, -0.2) is 45.9 Å². The molecule has 27 heavy (non-hydrogen) atoms. The summed E-state index contributed by atoms with van der Waals surface area (Å²) in [5.41, 5.74) is 1.49. The van der Waals surface area contributed by atoms with Gasteiger partial charge in [-0.15, -0.1) is 5.10 Å². The van der Waals surface area contributed by atoms with Crippen LogP contribution in [0.25, 0.3) is 0 Å². The van der Waals surface area contributed by atoms with Gasteiger partial charge in [-0.25, -0.2) is 0 Å². The van der Waals surface area contributed by atoms with Crippen LogP contribution in [0.5, 0.6) is 0 Å². The number of rotatable bonds is 7. The molecule has 2 aromatic rings. The highest BCUT2D eigenvalue weighted by Crippen LogP contribution is 2.18. The molecule has 1 fully saturated rings.